The minimum absolute atomic E-state index is 0.185. The van der Waals surface area contributed by atoms with Crippen molar-refractivity contribution in [3.8, 4) is 0 Å². The molecule has 19 heavy (non-hydrogen) atoms. The van der Waals surface area contributed by atoms with Crippen molar-refractivity contribution in [3.63, 3.8) is 0 Å². The molecule has 0 saturated carbocycles. The lowest BCUT2D eigenvalue weighted by Crippen LogP contribution is -2.27. The van der Waals surface area contributed by atoms with E-state index in [9.17, 15) is 4.79 Å². The summed E-state index contributed by atoms with van der Waals surface area (Å²) >= 11 is 0. The molecule has 0 unspecified atom stereocenters. The van der Waals surface area contributed by atoms with Gasteiger partial charge in [-0.1, -0.05) is 31.7 Å². The van der Waals surface area contributed by atoms with Crippen molar-refractivity contribution in [1.29, 1.82) is 0 Å². The maximum Gasteiger partial charge on any atom is 0.361 e. The van der Waals surface area contributed by atoms with Gasteiger partial charge in [0.25, 0.3) is 0 Å². The Bertz CT molecular complexity index is 424. The summed E-state index contributed by atoms with van der Waals surface area (Å²) in [6.45, 7) is 13.4. The second kappa shape index (κ2) is 7.68. The number of hydrogen-bond acceptors (Lipinski definition) is 5. The van der Waals surface area contributed by atoms with E-state index in [0.29, 0.717) is 0 Å². The van der Waals surface area contributed by atoms with Gasteiger partial charge in [-0.2, -0.15) is 0 Å². The Morgan fingerprint density at radius 3 is 2.74 bits per heavy atom. The number of carbonyl (C=O) groups excluding carboxylic acids is 1. The summed E-state index contributed by atoms with van der Waals surface area (Å²) in [5.41, 5.74) is 1.02. The third-order valence-electron chi connectivity index (χ3n) is 3.03. The summed E-state index contributed by atoms with van der Waals surface area (Å²) in [6.07, 6.45) is 1.53. The molecule has 6 nitrogen and oxygen atoms in total. The van der Waals surface area contributed by atoms with Crippen molar-refractivity contribution < 1.29 is 9.53 Å². The summed E-state index contributed by atoms with van der Waals surface area (Å²) in [4.78, 5) is 14.0. The lowest BCUT2D eigenvalue weighted by Gasteiger charge is -2.17. The van der Waals surface area contributed by atoms with E-state index in [0.717, 1.165) is 31.9 Å². The van der Waals surface area contributed by atoms with Crippen LogP contribution < -0.4 is 0 Å². The summed E-state index contributed by atoms with van der Waals surface area (Å²) in [5.74, 6) is -0.452. The SMILES string of the molecule is C=CCOC(=O)c1nnn(CCN(CC)CC)c1C. The second-order valence-corrected chi connectivity index (χ2v) is 4.16. The van der Waals surface area contributed by atoms with Gasteiger partial charge in [-0.15, -0.1) is 5.10 Å². The fourth-order valence-corrected chi connectivity index (χ4v) is 1.74. The molecular formula is C13H22N4O2. The molecule has 0 spiro atoms. The molecule has 106 valence electrons. The van der Waals surface area contributed by atoms with Crippen LogP contribution in [0.5, 0.6) is 0 Å². The monoisotopic (exact) mass is 266 g/mol. The van der Waals surface area contributed by atoms with Gasteiger partial charge in [-0.3, -0.25) is 0 Å². The van der Waals surface area contributed by atoms with Gasteiger partial charge in [0.05, 0.1) is 12.2 Å². The molecule has 1 aromatic rings. The topological polar surface area (TPSA) is 60.2 Å². The zero-order valence-electron chi connectivity index (χ0n) is 11.9. The fraction of sp³-hybridized carbons (Fsp3) is 0.615. The maximum absolute atomic E-state index is 11.7. The number of nitrogens with zero attached hydrogens (tertiary/aromatic N) is 4. The standard InChI is InChI=1S/C13H22N4O2/c1-5-10-19-13(18)12-11(4)17(15-14-12)9-8-16(6-2)7-3/h5H,1,6-10H2,2-4H3. The van der Waals surface area contributed by atoms with Gasteiger partial charge in [-0.05, 0) is 20.0 Å². The number of aromatic nitrogens is 3. The van der Waals surface area contributed by atoms with Gasteiger partial charge in [0.15, 0.2) is 5.69 Å². The molecule has 0 fully saturated rings. The molecular weight excluding hydrogens is 244 g/mol. The van der Waals surface area contributed by atoms with E-state index in [1.165, 1.54) is 6.08 Å². The van der Waals surface area contributed by atoms with Gasteiger partial charge in [0.1, 0.15) is 6.61 Å². The summed E-state index contributed by atoms with van der Waals surface area (Å²) < 4.78 is 6.70. The smallest absolute Gasteiger partial charge is 0.361 e. The molecule has 0 N–H and O–H groups in total. The molecule has 1 rings (SSSR count). The van der Waals surface area contributed by atoms with Crippen molar-refractivity contribution in [2.75, 3.05) is 26.2 Å². The molecule has 0 aliphatic carbocycles. The molecule has 1 aromatic heterocycles. The van der Waals surface area contributed by atoms with Crippen molar-refractivity contribution in [3.05, 3.63) is 24.0 Å². The van der Waals surface area contributed by atoms with Crippen LogP contribution >= 0.6 is 0 Å². The molecule has 6 heteroatoms. The van der Waals surface area contributed by atoms with Crippen LogP contribution in [0.4, 0.5) is 0 Å². The number of ether oxygens (including phenoxy) is 1. The zero-order valence-corrected chi connectivity index (χ0v) is 11.9. The minimum Gasteiger partial charge on any atom is -0.457 e. The quantitative estimate of drug-likeness (QED) is 0.524. The van der Waals surface area contributed by atoms with Crippen LogP contribution in [-0.2, 0) is 11.3 Å². The molecule has 0 aliphatic heterocycles. The van der Waals surface area contributed by atoms with Crippen LogP contribution in [0.2, 0.25) is 0 Å². The number of hydrogen-bond donors (Lipinski definition) is 0. The number of likely N-dealkylation sites (N-methyl/N-ethyl adjacent to an activating group) is 1. The highest BCUT2D eigenvalue weighted by Gasteiger charge is 2.17. The van der Waals surface area contributed by atoms with Crippen molar-refractivity contribution in [2.45, 2.75) is 27.3 Å². The van der Waals surface area contributed by atoms with E-state index < -0.39 is 5.97 Å². The van der Waals surface area contributed by atoms with Gasteiger partial charge < -0.3 is 9.64 Å². The van der Waals surface area contributed by atoms with Crippen LogP contribution in [0.3, 0.4) is 0 Å². The zero-order chi connectivity index (χ0) is 14.3. The Kier molecular flexibility index (Phi) is 6.21. The first kappa shape index (κ1) is 15.4. The Hall–Kier alpha value is -1.69. The lowest BCUT2D eigenvalue weighted by molar-refractivity contribution is 0.0542. The first-order chi connectivity index (χ1) is 9.13. The van der Waals surface area contributed by atoms with E-state index in [1.807, 2.05) is 6.92 Å². The predicted molar refractivity (Wildman–Crippen MR) is 73.0 cm³/mol. The molecule has 0 atom stereocenters. The molecule has 0 saturated heterocycles. The highest BCUT2D eigenvalue weighted by Crippen LogP contribution is 2.06. The molecule has 0 radical (unpaired) electrons. The average Bonchev–Trinajstić information content (AvgIpc) is 2.79. The van der Waals surface area contributed by atoms with Crippen molar-refractivity contribution in [2.24, 2.45) is 0 Å². The molecule has 0 amide bonds. The van der Waals surface area contributed by atoms with Gasteiger partial charge in [0.2, 0.25) is 0 Å². The van der Waals surface area contributed by atoms with Crippen LogP contribution in [0.1, 0.15) is 30.0 Å². The summed E-state index contributed by atoms with van der Waals surface area (Å²) in [5, 5.41) is 7.88. The van der Waals surface area contributed by atoms with Crippen LogP contribution in [-0.4, -0.2) is 52.1 Å². The summed E-state index contributed by atoms with van der Waals surface area (Å²) in [7, 11) is 0. The molecule has 0 aromatic carbocycles. The fourth-order valence-electron chi connectivity index (χ4n) is 1.74. The lowest BCUT2D eigenvalue weighted by atomic mass is 10.3. The van der Waals surface area contributed by atoms with E-state index in [4.69, 9.17) is 4.74 Å². The Labute approximate surface area is 114 Å². The molecule has 0 bridgehead atoms. The molecule has 0 aliphatic rings. The van der Waals surface area contributed by atoms with Crippen molar-refractivity contribution in [1.82, 2.24) is 19.9 Å². The predicted octanol–water partition coefficient (Wildman–Crippen LogP) is 1.27. The average molecular weight is 266 g/mol. The van der Waals surface area contributed by atoms with Crippen LogP contribution in [0.25, 0.3) is 0 Å². The number of esters is 1. The first-order valence-electron chi connectivity index (χ1n) is 6.54. The third kappa shape index (κ3) is 4.17. The summed E-state index contributed by atoms with van der Waals surface area (Å²) in [6, 6.07) is 0. The molecule has 1 heterocycles. The number of rotatable bonds is 8. The Morgan fingerprint density at radius 1 is 1.47 bits per heavy atom. The van der Waals surface area contributed by atoms with E-state index in [1.54, 1.807) is 4.68 Å². The maximum atomic E-state index is 11.7. The minimum atomic E-state index is -0.452. The Morgan fingerprint density at radius 2 is 2.16 bits per heavy atom. The number of carbonyl (C=O) groups is 1. The second-order valence-electron chi connectivity index (χ2n) is 4.16. The van der Waals surface area contributed by atoms with E-state index in [-0.39, 0.29) is 12.3 Å². The first-order valence-corrected chi connectivity index (χ1v) is 6.54. The van der Waals surface area contributed by atoms with Crippen LogP contribution in [0.15, 0.2) is 12.7 Å². The van der Waals surface area contributed by atoms with Gasteiger partial charge in [-0.25, -0.2) is 9.48 Å². The largest absolute Gasteiger partial charge is 0.457 e. The van der Waals surface area contributed by atoms with Gasteiger partial charge in [0, 0.05) is 6.54 Å². The van der Waals surface area contributed by atoms with Crippen LogP contribution in [0, 0.1) is 6.92 Å². The van der Waals surface area contributed by atoms with Gasteiger partial charge >= 0.3 is 5.97 Å². The third-order valence-corrected chi connectivity index (χ3v) is 3.03. The van der Waals surface area contributed by atoms with E-state index in [2.05, 4.69) is 35.6 Å². The van der Waals surface area contributed by atoms with E-state index >= 15 is 0 Å². The highest BCUT2D eigenvalue weighted by molar-refractivity contribution is 5.88. The van der Waals surface area contributed by atoms with Crippen molar-refractivity contribution >= 4 is 5.97 Å². The Balaban J connectivity index is 2.65. The highest BCUT2D eigenvalue weighted by atomic mass is 16.5. The normalized spacial score (nSPS) is 10.7.